The van der Waals surface area contributed by atoms with Gasteiger partial charge in [0.05, 0.1) is 17.6 Å². The van der Waals surface area contributed by atoms with Crippen molar-refractivity contribution in [3.05, 3.63) is 67.0 Å². The van der Waals surface area contributed by atoms with E-state index in [9.17, 15) is 34.3 Å². The van der Waals surface area contributed by atoms with Crippen molar-refractivity contribution in [2.24, 2.45) is 0 Å². The lowest BCUT2D eigenvalue weighted by Crippen LogP contribution is -2.33. The molecule has 3 rings (SSSR count). The number of nitro groups is 1. The fraction of sp³-hybridized carbons (Fsp3) is 0.375. The number of nitro benzene ring substituents is 1. The summed E-state index contributed by atoms with van der Waals surface area (Å²) in [5.41, 5.74) is -1.22. The zero-order valence-corrected chi connectivity index (χ0v) is 16.4. The lowest BCUT2D eigenvalue weighted by atomic mass is 10.2. The van der Waals surface area contributed by atoms with Crippen molar-refractivity contribution in [3.8, 4) is 5.75 Å². The molecule has 13 nitrogen and oxygen atoms in total. The van der Waals surface area contributed by atoms with Gasteiger partial charge in [-0.1, -0.05) is 0 Å². The molecule has 4 atom stereocenters. The quantitative estimate of drug-likeness (QED) is 0.311. The summed E-state index contributed by atoms with van der Waals surface area (Å²) in [5.74, 6) is -0.132. The zero-order chi connectivity index (χ0) is 22.1. The van der Waals surface area contributed by atoms with Gasteiger partial charge in [0.1, 0.15) is 18.1 Å². The number of hydrogen-bond acceptors (Lipinski definition) is 9. The van der Waals surface area contributed by atoms with E-state index in [2.05, 4.69) is 4.98 Å². The fourth-order valence-corrected chi connectivity index (χ4v) is 3.57. The number of aliphatic hydroxyl groups is 1. The SMILES string of the molecule is Cc1cn([C@H]2C[C@@H](O)[C@@H](COP(=O)(O)Oc3ccc([N+](=O)[O-])cc3)O2)c(=O)[nH]c1=O. The third-order valence-electron chi connectivity index (χ3n) is 4.33. The van der Waals surface area contributed by atoms with Crippen molar-refractivity contribution in [2.45, 2.75) is 31.8 Å². The third-order valence-corrected chi connectivity index (χ3v) is 5.25. The second kappa shape index (κ2) is 8.50. The monoisotopic (exact) mass is 443 g/mol. The molecule has 0 saturated carbocycles. The molecule has 0 amide bonds. The number of benzene rings is 1. The number of aliphatic hydroxyl groups excluding tert-OH is 1. The summed E-state index contributed by atoms with van der Waals surface area (Å²) in [4.78, 5) is 45.4. The zero-order valence-electron chi connectivity index (χ0n) is 15.5. The summed E-state index contributed by atoms with van der Waals surface area (Å²) in [5, 5.41) is 20.8. The van der Waals surface area contributed by atoms with Crippen LogP contribution in [-0.4, -0.2) is 43.3 Å². The molecule has 1 fully saturated rings. The summed E-state index contributed by atoms with van der Waals surface area (Å²) >= 11 is 0. The molecular formula is C16H18N3O10P. The van der Waals surface area contributed by atoms with Crippen LogP contribution in [0.4, 0.5) is 5.69 Å². The highest BCUT2D eigenvalue weighted by molar-refractivity contribution is 7.47. The molecule has 1 aliphatic heterocycles. The first-order valence-electron chi connectivity index (χ1n) is 8.63. The second-order valence-electron chi connectivity index (χ2n) is 6.52. The lowest BCUT2D eigenvalue weighted by molar-refractivity contribution is -0.384. The normalized spacial score (nSPS) is 23.1. The predicted octanol–water partition coefficient (Wildman–Crippen LogP) is 0.598. The molecule has 1 unspecified atom stereocenters. The smallest absolute Gasteiger partial charge is 0.404 e. The van der Waals surface area contributed by atoms with Crippen LogP contribution < -0.4 is 15.8 Å². The van der Waals surface area contributed by atoms with Gasteiger partial charge in [0.25, 0.3) is 11.2 Å². The molecular weight excluding hydrogens is 425 g/mol. The van der Waals surface area contributed by atoms with Crippen LogP contribution in [0, 0.1) is 17.0 Å². The summed E-state index contributed by atoms with van der Waals surface area (Å²) < 4.78 is 28.4. The van der Waals surface area contributed by atoms with Gasteiger partial charge in [0.2, 0.25) is 0 Å². The van der Waals surface area contributed by atoms with Crippen LogP contribution in [0.25, 0.3) is 0 Å². The Morgan fingerprint density at radius 1 is 1.37 bits per heavy atom. The number of aryl methyl sites for hydroxylation is 1. The Labute approximate surface area is 168 Å². The first-order valence-corrected chi connectivity index (χ1v) is 10.1. The second-order valence-corrected chi connectivity index (χ2v) is 7.90. The van der Waals surface area contributed by atoms with E-state index in [1.165, 1.54) is 13.1 Å². The molecule has 2 heterocycles. The largest absolute Gasteiger partial charge is 0.527 e. The number of non-ortho nitro benzene ring substituents is 1. The number of aromatic amines is 1. The molecule has 3 N–H and O–H groups in total. The summed E-state index contributed by atoms with van der Waals surface area (Å²) in [7, 11) is -4.62. The van der Waals surface area contributed by atoms with Gasteiger partial charge >= 0.3 is 13.5 Å². The van der Waals surface area contributed by atoms with Crippen LogP contribution in [0.15, 0.2) is 40.1 Å². The molecule has 1 saturated heterocycles. The maximum absolute atomic E-state index is 12.1. The molecule has 2 aromatic rings. The van der Waals surface area contributed by atoms with Gasteiger partial charge in [0, 0.05) is 30.3 Å². The minimum Gasteiger partial charge on any atom is -0.404 e. The van der Waals surface area contributed by atoms with Crippen LogP contribution in [0.2, 0.25) is 0 Å². The Hall–Kier alpha value is -2.83. The summed E-state index contributed by atoms with van der Waals surface area (Å²) in [6.45, 7) is 0.966. The Morgan fingerprint density at radius 2 is 2.03 bits per heavy atom. The van der Waals surface area contributed by atoms with Crippen molar-refractivity contribution >= 4 is 13.5 Å². The van der Waals surface area contributed by atoms with E-state index in [1.54, 1.807) is 0 Å². The Morgan fingerprint density at radius 3 is 2.67 bits per heavy atom. The maximum Gasteiger partial charge on any atom is 0.527 e. The number of rotatable bonds is 7. The van der Waals surface area contributed by atoms with E-state index in [4.69, 9.17) is 13.8 Å². The molecule has 1 aromatic heterocycles. The molecule has 30 heavy (non-hydrogen) atoms. The highest BCUT2D eigenvalue weighted by Gasteiger charge is 2.38. The number of phosphoric acid groups is 1. The number of nitrogens with one attached hydrogen (secondary N) is 1. The number of nitrogens with zero attached hydrogens (tertiary/aromatic N) is 2. The van der Waals surface area contributed by atoms with Crippen LogP contribution in [0.1, 0.15) is 18.2 Å². The standard InChI is InChI=1S/C16H18N3O10P/c1-9-7-18(16(22)17-15(9)21)14-6-12(20)13(28-14)8-27-30(25,26)29-11-4-2-10(3-5-11)19(23)24/h2-5,7,12-14,20H,6,8H2,1H3,(H,25,26)(H,17,21,22)/t12-,13-,14-/m1/s1. The van der Waals surface area contributed by atoms with Gasteiger partial charge in [-0.3, -0.25) is 33.9 Å². The van der Waals surface area contributed by atoms with E-state index in [-0.39, 0.29) is 23.4 Å². The Bertz CT molecular complexity index is 1100. The van der Waals surface area contributed by atoms with Crippen molar-refractivity contribution in [2.75, 3.05) is 6.61 Å². The van der Waals surface area contributed by atoms with Crippen LogP contribution in [0.3, 0.4) is 0 Å². The number of ether oxygens (including phenoxy) is 1. The molecule has 0 bridgehead atoms. The van der Waals surface area contributed by atoms with Crippen LogP contribution in [-0.2, 0) is 13.8 Å². The van der Waals surface area contributed by atoms with Gasteiger partial charge in [-0.05, 0) is 19.1 Å². The lowest BCUT2D eigenvalue weighted by Gasteiger charge is -2.18. The van der Waals surface area contributed by atoms with Crippen molar-refractivity contribution < 1.29 is 33.3 Å². The number of phosphoric ester groups is 1. The number of hydrogen-bond donors (Lipinski definition) is 3. The molecule has 162 valence electrons. The van der Waals surface area contributed by atoms with Crippen molar-refractivity contribution in [1.82, 2.24) is 9.55 Å². The highest BCUT2D eigenvalue weighted by Crippen LogP contribution is 2.45. The molecule has 0 aliphatic carbocycles. The minimum absolute atomic E-state index is 0.0155. The fourth-order valence-electron chi connectivity index (χ4n) is 2.79. The Kier molecular flexibility index (Phi) is 6.19. The number of aromatic nitrogens is 2. The maximum atomic E-state index is 12.1. The van der Waals surface area contributed by atoms with E-state index >= 15 is 0 Å². The van der Waals surface area contributed by atoms with Crippen LogP contribution in [0.5, 0.6) is 5.75 Å². The highest BCUT2D eigenvalue weighted by atomic mass is 31.2. The minimum atomic E-state index is -4.62. The van der Waals surface area contributed by atoms with Gasteiger partial charge < -0.3 is 14.4 Å². The van der Waals surface area contributed by atoms with Crippen molar-refractivity contribution in [3.63, 3.8) is 0 Å². The molecule has 1 aromatic carbocycles. The van der Waals surface area contributed by atoms with E-state index in [1.807, 2.05) is 0 Å². The summed E-state index contributed by atoms with van der Waals surface area (Å²) in [6.07, 6.45) is -1.80. The van der Waals surface area contributed by atoms with E-state index < -0.39 is 49.0 Å². The first kappa shape index (κ1) is 21.9. The molecule has 1 aliphatic rings. The van der Waals surface area contributed by atoms with Gasteiger partial charge in [-0.15, -0.1) is 0 Å². The average Bonchev–Trinajstić information content (AvgIpc) is 3.03. The third kappa shape index (κ3) is 5.01. The Balaban J connectivity index is 1.62. The summed E-state index contributed by atoms with van der Waals surface area (Å²) in [6, 6.07) is 4.44. The molecule has 0 spiro atoms. The average molecular weight is 443 g/mol. The molecule has 0 radical (unpaired) electrons. The molecule has 14 heteroatoms. The van der Waals surface area contributed by atoms with Gasteiger partial charge in [0.15, 0.2) is 0 Å². The van der Waals surface area contributed by atoms with Crippen molar-refractivity contribution in [1.29, 1.82) is 0 Å². The van der Waals surface area contributed by atoms with Crippen LogP contribution >= 0.6 is 7.82 Å². The van der Waals surface area contributed by atoms with Gasteiger partial charge in [-0.2, -0.15) is 0 Å². The van der Waals surface area contributed by atoms with E-state index in [0.717, 1.165) is 28.8 Å². The first-order chi connectivity index (χ1) is 14.1. The predicted molar refractivity (Wildman–Crippen MR) is 100 cm³/mol. The van der Waals surface area contributed by atoms with E-state index in [0.29, 0.717) is 0 Å². The van der Waals surface area contributed by atoms with Gasteiger partial charge in [-0.25, -0.2) is 9.36 Å². The topological polar surface area (TPSA) is 183 Å². The number of H-pyrrole nitrogens is 1.